The topological polar surface area (TPSA) is 89.0 Å². The van der Waals surface area contributed by atoms with Gasteiger partial charge in [0.2, 0.25) is 0 Å². The lowest BCUT2D eigenvalue weighted by Crippen LogP contribution is -1.94. The standard InChI is InChI=1S/C16H8FN3O3/c17-13-7-10(8-18)1-3-16(13)23-15-4-2-14(20(21)22)12-9-19-6-5-11(12)15/h1-7,9H. The number of aromatic nitrogens is 1. The van der Waals surface area contributed by atoms with Crippen LogP contribution in [-0.2, 0) is 0 Å². The summed E-state index contributed by atoms with van der Waals surface area (Å²) in [4.78, 5) is 14.4. The third-order valence-corrected chi connectivity index (χ3v) is 3.23. The first-order valence-electron chi connectivity index (χ1n) is 6.49. The molecule has 1 heterocycles. The summed E-state index contributed by atoms with van der Waals surface area (Å²) < 4.78 is 19.5. The normalized spacial score (nSPS) is 10.3. The SMILES string of the molecule is N#Cc1ccc(Oc2ccc([N+](=O)[O-])c3cnccc23)c(F)c1. The number of rotatable bonds is 3. The van der Waals surface area contributed by atoms with Gasteiger partial charge in [0.05, 0.1) is 21.9 Å². The summed E-state index contributed by atoms with van der Waals surface area (Å²) in [6.07, 6.45) is 2.82. The van der Waals surface area contributed by atoms with Gasteiger partial charge in [0.25, 0.3) is 5.69 Å². The third kappa shape index (κ3) is 2.65. The van der Waals surface area contributed by atoms with Gasteiger partial charge in [0.1, 0.15) is 5.75 Å². The van der Waals surface area contributed by atoms with Gasteiger partial charge in [0.15, 0.2) is 11.6 Å². The summed E-state index contributed by atoms with van der Waals surface area (Å²) in [5.74, 6) is -0.503. The van der Waals surface area contributed by atoms with Crippen LogP contribution in [0.2, 0.25) is 0 Å². The van der Waals surface area contributed by atoms with E-state index in [-0.39, 0.29) is 22.7 Å². The zero-order valence-corrected chi connectivity index (χ0v) is 11.6. The van der Waals surface area contributed by atoms with Crippen molar-refractivity contribution >= 4 is 16.5 Å². The third-order valence-electron chi connectivity index (χ3n) is 3.23. The molecule has 0 aliphatic rings. The van der Waals surface area contributed by atoms with Crippen LogP contribution in [-0.4, -0.2) is 9.91 Å². The molecule has 0 saturated carbocycles. The second kappa shape index (κ2) is 5.69. The average Bonchev–Trinajstić information content (AvgIpc) is 2.56. The van der Waals surface area contributed by atoms with Crippen LogP contribution in [0.3, 0.4) is 0 Å². The summed E-state index contributed by atoms with van der Waals surface area (Å²) in [6.45, 7) is 0. The highest BCUT2D eigenvalue weighted by Gasteiger charge is 2.16. The number of fused-ring (bicyclic) bond motifs is 1. The molecule has 0 bridgehead atoms. The highest BCUT2D eigenvalue weighted by Crippen LogP contribution is 2.35. The summed E-state index contributed by atoms with van der Waals surface area (Å²) >= 11 is 0. The molecule has 112 valence electrons. The lowest BCUT2D eigenvalue weighted by molar-refractivity contribution is -0.383. The van der Waals surface area contributed by atoms with Crippen molar-refractivity contribution in [1.29, 1.82) is 5.26 Å². The fourth-order valence-corrected chi connectivity index (χ4v) is 2.17. The van der Waals surface area contributed by atoms with Crippen LogP contribution in [0.15, 0.2) is 48.8 Å². The second-order valence-electron chi connectivity index (χ2n) is 4.62. The quantitative estimate of drug-likeness (QED) is 0.540. The van der Waals surface area contributed by atoms with Gasteiger partial charge in [-0.15, -0.1) is 0 Å². The number of halogens is 1. The Bertz CT molecular complexity index is 966. The number of hydrogen-bond donors (Lipinski definition) is 0. The maximum Gasteiger partial charge on any atom is 0.279 e. The van der Waals surface area contributed by atoms with Crippen LogP contribution in [0.5, 0.6) is 11.5 Å². The molecule has 0 atom stereocenters. The highest BCUT2D eigenvalue weighted by molar-refractivity contribution is 5.94. The zero-order chi connectivity index (χ0) is 16.4. The second-order valence-corrected chi connectivity index (χ2v) is 4.62. The predicted molar refractivity (Wildman–Crippen MR) is 79.6 cm³/mol. The largest absolute Gasteiger partial charge is 0.454 e. The molecule has 0 radical (unpaired) electrons. The Morgan fingerprint density at radius 2 is 1.96 bits per heavy atom. The lowest BCUT2D eigenvalue weighted by Gasteiger charge is -2.10. The van der Waals surface area contributed by atoms with E-state index in [1.165, 1.54) is 36.7 Å². The Hall–Kier alpha value is -3.53. The maximum absolute atomic E-state index is 13.9. The van der Waals surface area contributed by atoms with Crippen LogP contribution in [0.4, 0.5) is 10.1 Å². The lowest BCUT2D eigenvalue weighted by atomic mass is 10.1. The van der Waals surface area contributed by atoms with Gasteiger partial charge < -0.3 is 4.74 Å². The molecule has 0 saturated heterocycles. The van der Waals surface area contributed by atoms with Gasteiger partial charge in [0, 0.05) is 23.8 Å². The van der Waals surface area contributed by atoms with E-state index in [2.05, 4.69) is 4.98 Å². The van der Waals surface area contributed by atoms with Gasteiger partial charge in [-0.3, -0.25) is 15.1 Å². The monoisotopic (exact) mass is 309 g/mol. The number of nitro benzene ring substituents is 1. The maximum atomic E-state index is 13.9. The molecule has 23 heavy (non-hydrogen) atoms. The van der Waals surface area contributed by atoms with Crippen molar-refractivity contribution in [2.24, 2.45) is 0 Å². The molecular formula is C16H8FN3O3. The Morgan fingerprint density at radius 3 is 2.65 bits per heavy atom. The minimum absolute atomic E-state index is 0.0732. The smallest absolute Gasteiger partial charge is 0.279 e. The molecule has 3 aromatic rings. The van der Waals surface area contributed by atoms with Crippen LogP contribution in [0, 0.1) is 27.3 Å². The molecule has 6 nitrogen and oxygen atoms in total. The molecule has 0 N–H and O–H groups in total. The van der Waals surface area contributed by atoms with E-state index in [0.717, 1.165) is 6.07 Å². The number of nitrogens with zero attached hydrogens (tertiary/aromatic N) is 3. The van der Waals surface area contributed by atoms with Crippen molar-refractivity contribution < 1.29 is 14.1 Å². The van der Waals surface area contributed by atoms with Crippen LogP contribution in [0.25, 0.3) is 10.8 Å². The number of nitro groups is 1. The van der Waals surface area contributed by atoms with Crippen molar-refractivity contribution in [3.05, 3.63) is 70.3 Å². The number of non-ortho nitro benzene ring substituents is 1. The van der Waals surface area contributed by atoms with Crippen LogP contribution < -0.4 is 4.74 Å². The number of benzene rings is 2. The first-order chi connectivity index (χ1) is 11.1. The fraction of sp³-hybridized carbons (Fsp3) is 0. The number of ether oxygens (including phenoxy) is 1. The Morgan fingerprint density at radius 1 is 1.17 bits per heavy atom. The molecule has 0 aliphatic carbocycles. The van der Waals surface area contributed by atoms with E-state index < -0.39 is 10.7 Å². The summed E-state index contributed by atoms with van der Waals surface area (Å²) in [7, 11) is 0. The summed E-state index contributed by atoms with van der Waals surface area (Å²) in [6, 6.07) is 9.88. The molecule has 1 aromatic heterocycles. The molecule has 0 unspecified atom stereocenters. The van der Waals surface area contributed by atoms with Crippen molar-refractivity contribution in [2.75, 3.05) is 0 Å². The molecule has 2 aromatic carbocycles. The van der Waals surface area contributed by atoms with Crippen LogP contribution in [0.1, 0.15) is 5.56 Å². The van der Waals surface area contributed by atoms with Crippen molar-refractivity contribution in [3.63, 3.8) is 0 Å². The predicted octanol–water partition coefficient (Wildman–Crippen LogP) is 3.95. The van der Waals surface area contributed by atoms with Crippen molar-refractivity contribution in [1.82, 2.24) is 4.98 Å². The van der Waals surface area contributed by atoms with Crippen molar-refractivity contribution in [3.8, 4) is 17.6 Å². The number of pyridine rings is 1. The first-order valence-corrected chi connectivity index (χ1v) is 6.49. The van der Waals surface area contributed by atoms with Gasteiger partial charge in [-0.25, -0.2) is 4.39 Å². The van der Waals surface area contributed by atoms with Crippen LogP contribution >= 0.6 is 0 Å². The highest BCUT2D eigenvalue weighted by atomic mass is 19.1. The minimum Gasteiger partial charge on any atom is -0.454 e. The van der Waals surface area contributed by atoms with Gasteiger partial charge in [-0.05, 0) is 30.3 Å². The first kappa shape index (κ1) is 14.4. The van der Waals surface area contributed by atoms with E-state index in [1.54, 1.807) is 6.07 Å². The number of hydrogen-bond acceptors (Lipinski definition) is 5. The molecule has 0 aliphatic heterocycles. The summed E-state index contributed by atoms with van der Waals surface area (Å²) in [5, 5.41) is 20.5. The van der Waals surface area contributed by atoms with Gasteiger partial charge in [-0.2, -0.15) is 5.26 Å². The average molecular weight is 309 g/mol. The minimum atomic E-state index is -0.690. The van der Waals surface area contributed by atoms with E-state index in [9.17, 15) is 14.5 Å². The Balaban J connectivity index is 2.10. The molecule has 3 rings (SSSR count). The Labute approximate surface area is 129 Å². The molecule has 7 heteroatoms. The Kier molecular flexibility index (Phi) is 3.57. The van der Waals surface area contributed by atoms with E-state index >= 15 is 0 Å². The molecule has 0 fully saturated rings. The fourth-order valence-electron chi connectivity index (χ4n) is 2.17. The number of nitriles is 1. The summed E-state index contributed by atoms with van der Waals surface area (Å²) in [5.41, 5.74) is 0.0633. The van der Waals surface area contributed by atoms with E-state index in [0.29, 0.717) is 10.8 Å². The van der Waals surface area contributed by atoms with E-state index in [4.69, 9.17) is 10.00 Å². The molecule has 0 spiro atoms. The zero-order valence-electron chi connectivity index (χ0n) is 11.6. The molecule has 0 amide bonds. The van der Waals surface area contributed by atoms with Gasteiger partial charge >= 0.3 is 0 Å². The van der Waals surface area contributed by atoms with E-state index in [1.807, 2.05) is 6.07 Å². The molecular weight excluding hydrogens is 301 g/mol. The van der Waals surface area contributed by atoms with Crippen molar-refractivity contribution in [2.45, 2.75) is 0 Å². The van der Waals surface area contributed by atoms with Gasteiger partial charge in [-0.1, -0.05) is 0 Å².